The lowest BCUT2D eigenvalue weighted by Gasteiger charge is -2.18. The van der Waals surface area contributed by atoms with Crippen LogP contribution in [-0.4, -0.2) is 18.5 Å². The lowest BCUT2D eigenvalue weighted by Crippen LogP contribution is -2.16. The largest absolute Gasteiger partial charge is 0.462 e. The third-order valence-electron chi connectivity index (χ3n) is 4.45. The summed E-state index contributed by atoms with van der Waals surface area (Å²) in [5, 5.41) is 3.49. The zero-order valence-corrected chi connectivity index (χ0v) is 15.9. The van der Waals surface area contributed by atoms with E-state index in [0.717, 1.165) is 30.4 Å². The van der Waals surface area contributed by atoms with Crippen molar-refractivity contribution in [2.45, 2.75) is 33.1 Å². The molecule has 1 atom stereocenters. The minimum atomic E-state index is -0.346. The highest BCUT2D eigenvalue weighted by atomic mass is 32.1. The van der Waals surface area contributed by atoms with Gasteiger partial charge in [0, 0.05) is 11.0 Å². The number of aryl methyl sites for hydroxylation is 1. The molecule has 1 aromatic heterocycles. The third kappa shape index (κ3) is 4.22. The van der Waals surface area contributed by atoms with Crippen LogP contribution in [0.3, 0.4) is 0 Å². The molecular formula is C21H23NO3S. The van der Waals surface area contributed by atoms with Gasteiger partial charge in [0.15, 0.2) is 0 Å². The van der Waals surface area contributed by atoms with E-state index in [2.05, 4.69) is 12.2 Å². The number of anilines is 1. The molecule has 0 fully saturated rings. The zero-order valence-electron chi connectivity index (χ0n) is 15.1. The smallest absolute Gasteiger partial charge is 0.341 e. The van der Waals surface area contributed by atoms with Gasteiger partial charge in [0.2, 0.25) is 5.91 Å². The summed E-state index contributed by atoms with van der Waals surface area (Å²) in [6, 6.07) is 9.63. The van der Waals surface area contributed by atoms with Crippen LogP contribution in [0.25, 0.3) is 6.08 Å². The lowest BCUT2D eigenvalue weighted by molar-refractivity contribution is -0.111. The molecule has 1 aromatic carbocycles. The van der Waals surface area contributed by atoms with Crippen LogP contribution in [-0.2, 0) is 22.4 Å². The van der Waals surface area contributed by atoms with Gasteiger partial charge in [-0.2, -0.15) is 0 Å². The van der Waals surface area contributed by atoms with Crippen molar-refractivity contribution < 1.29 is 14.3 Å². The Hall–Kier alpha value is -2.40. The quantitative estimate of drug-likeness (QED) is 0.614. The van der Waals surface area contributed by atoms with Crippen LogP contribution in [0.2, 0.25) is 0 Å². The average Bonchev–Trinajstić information content (AvgIpc) is 2.98. The Balaban J connectivity index is 1.83. The molecule has 0 saturated carbocycles. The Labute approximate surface area is 157 Å². The number of nitrogens with one attached hydrogen (secondary N) is 1. The second-order valence-electron chi connectivity index (χ2n) is 6.51. The number of carbonyl (C=O) groups excluding carboxylic acids is 2. The second kappa shape index (κ2) is 8.32. The van der Waals surface area contributed by atoms with Crippen LogP contribution in [0.15, 0.2) is 36.4 Å². The van der Waals surface area contributed by atoms with Crippen molar-refractivity contribution in [1.82, 2.24) is 0 Å². The molecule has 0 bridgehead atoms. The number of hydrogen-bond donors (Lipinski definition) is 1. The summed E-state index contributed by atoms with van der Waals surface area (Å²) >= 11 is 1.50. The SMILES string of the molecule is CCOC(=O)c1c(NC(=O)/C=C/c2ccccc2)sc2c1CC(C)CC2. The van der Waals surface area contributed by atoms with E-state index >= 15 is 0 Å². The van der Waals surface area contributed by atoms with Gasteiger partial charge in [-0.25, -0.2) is 4.79 Å². The standard InChI is InChI=1S/C21H23NO3S/c1-3-25-21(24)19-16-13-14(2)9-11-17(16)26-20(19)22-18(23)12-10-15-7-5-4-6-8-15/h4-8,10,12,14H,3,9,11,13H2,1-2H3,(H,22,23)/b12-10+. The minimum absolute atomic E-state index is 0.244. The van der Waals surface area contributed by atoms with Crippen molar-refractivity contribution in [2.24, 2.45) is 5.92 Å². The molecule has 1 N–H and O–H groups in total. The lowest BCUT2D eigenvalue weighted by atomic mass is 9.88. The van der Waals surface area contributed by atoms with E-state index < -0.39 is 0 Å². The molecule has 4 nitrogen and oxygen atoms in total. The van der Waals surface area contributed by atoms with E-state index in [4.69, 9.17) is 4.74 Å². The first-order valence-corrected chi connectivity index (χ1v) is 9.76. The van der Waals surface area contributed by atoms with E-state index in [-0.39, 0.29) is 11.9 Å². The van der Waals surface area contributed by atoms with Crippen LogP contribution in [0.1, 0.15) is 46.6 Å². The summed E-state index contributed by atoms with van der Waals surface area (Å²) in [6.45, 7) is 4.30. The maximum atomic E-state index is 12.5. The number of esters is 1. The van der Waals surface area contributed by atoms with Crippen LogP contribution >= 0.6 is 11.3 Å². The van der Waals surface area contributed by atoms with Gasteiger partial charge in [0.25, 0.3) is 0 Å². The van der Waals surface area contributed by atoms with Crippen LogP contribution in [0.4, 0.5) is 5.00 Å². The summed E-state index contributed by atoms with van der Waals surface area (Å²) in [4.78, 5) is 26.0. The second-order valence-corrected chi connectivity index (χ2v) is 7.61. The van der Waals surface area contributed by atoms with Crippen molar-refractivity contribution in [3.05, 3.63) is 58.0 Å². The van der Waals surface area contributed by atoms with Crippen LogP contribution in [0.5, 0.6) is 0 Å². The summed E-state index contributed by atoms with van der Waals surface area (Å²) in [7, 11) is 0. The summed E-state index contributed by atoms with van der Waals surface area (Å²) in [5.74, 6) is -0.0562. The Bertz CT molecular complexity index is 823. The van der Waals surface area contributed by atoms with Crippen molar-refractivity contribution in [3.8, 4) is 0 Å². The molecule has 1 unspecified atom stereocenters. The molecule has 0 aliphatic heterocycles. The molecule has 0 spiro atoms. The predicted molar refractivity (Wildman–Crippen MR) is 106 cm³/mol. The molecular weight excluding hydrogens is 346 g/mol. The van der Waals surface area contributed by atoms with Crippen molar-refractivity contribution in [2.75, 3.05) is 11.9 Å². The Morgan fingerprint density at radius 3 is 2.81 bits per heavy atom. The van der Waals surface area contributed by atoms with E-state index in [9.17, 15) is 9.59 Å². The van der Waals surface area contributed by atoms with Gasteiger partial charge in [-0.05, 0) is 49.3 Å². The molecule has 3 rings (SSSR count). The third-order valence-corrected chi connectivity index (χ3v) is 5.66. The van der Waals surface area contributed by atoms with Gasteiger partial charge in [-0.15, -0.1) is 11.3 Å². The maximum absolute atomic E-state index is 12.5. The molecule has 2 aromatic rings. The fraction of sp³-hybridized carbons (Fsp3) is 0.333. The first-order chi connectivity index (χ1) is 12.6. The maximum Gasteiger partial charge on any atom is 0.341 e. The highest BCUT2D eigenvalue weighted by molar-refractivity contribution is 7.17. The van der Waals surface area contributed by atoms with Crippen molar-refractivity contribution in [3.63, 3.8) is 0 Å². The molecule has 5 heteroatoms. The number of benzene rings is 1. The van der Waals surface area contributed by atoms with Crippen molar-refractivity contribution >= 4 is 34.3 Å². The fourth-order valence-electron chi connectivity index (χ4n) is 3.15. The Morgan fingerprint density at radius 2 is 2.08 bits per heavy atom. The number of fused-ring (bicyclic) bond motifs is 1. The number of rotatable bonds is 5. The first-order valence-electron chi connectivity index (χ1n) is 8.94. The Morgan fingerprint density at radius 1 is 1.31 bits per heavy atom. The Kier molecular flexibility index (Phi) is 5.89. The molecule has 0 saturated heterocycles. The predicted octanol–water partition coefficient (Wildman–Crippen LogP) is 4.70. The first kappa shape index (κ1) is 18.4. The van der Waals surface area contributed by atoms with Crippen LogP contribution in [0, 0.1) is 5.92 Å². The summed E-state index contributed by atoms with van der Waals surface area (Å²) in [6.07, 6.45) is 6.16. The number of thiophene rings is 1. The number of ether oxygens (including phenoxy) is 1. The molecule has 1 amide bonds. The molecule has 26 heavy (non-hydrogen) atoms. The van der Waals surface area contributed by atoms with Gasteiger partial charge in [-0.1, -0.05) is 37.3 Å². The van der Waals surface area contributed by atoms with E-state index in [1.54, 1.807) is 13.0 Å². The van der Waals surface area contributed by atoms with Gasteiger partial charge < -0.3 is 10.1 Å². The minimum Gasteiger partial charge on any atom is -0.462 e. The number of hydrogen-bond acceptors (Lipinski definition) is 4. The van der Waals surface area contributed by atoms with E-state index in [0.29, 0.717) is 23.1 Å². The molecule has 1 aliphatic rings. The summed E-state index contributed by atoms with van der Waals surface area (Å²) < 4.78 is 5.24. The van der Waals surface area contributed by atoms with Gasteiger partial charge in [0.1, 0.15) is 5.00 Å². The molecule has 1 heterocycles. The molecule has 136 valence electrons. The van der Waals surface area contributed by atoms with Gasteiger partial charge in [-0.3, -0.25) is 4.79 Å². The van der Waals surface area contributed by atoms with Crippen molar-refractivity contribution in [1.29, 1.82) is 0 Å². The number of amides is 1. The normalized spacial score (nSPS) is 16.3. The summed E-state index contributed by atoms with van der Waals surface area (Å²) in [5.41, 5.74) is 2.54. The van der Waals surface area contributed by atoms with Gasteiger partial charge in [0.05, 0.1) is 12.2 Å². The number of carbonyl (C=O) groups is 2. The molecule has 1 aliphatic carbocycles. The molecule has 0 radical (unpaired) electrons. The van der Waals surface area contributed by atoms with Crippen LogP contribution < -0.4 is 5.32 Å². The topological polar surface area (TPSA) is 55.4 Å². The highest BCUT2D eigenvalue weighted by Crippen LogP contribution is 2.40. The fourth-order valence-corrected chi connectivity index (χ4v) is 4.39. The monoisotopic (exact) mass is 369 g/mol. The highest BCUT2D eigenvalue weighted by Gasteiger charge is 2.29. The van der Waals surface area contributed by atoms with E-state index in [1.165, 1.54) is 22.3 Å². The van der Waals surface area contributed by atoms with E-state index in [1.807, 2.05) is 30.3 Å². The zero-order chi connectivity index (χ0) is 18.5. The van der Waals surface area contributed by atoms with Gasteiger partial charge >= 0.3 is 5.97 Å². The average molecular weight is 369 g/mol.